The molecule has 0 atom stereocenters. The summed E-state index contributed by atoms with van der Waals surface area (Å²) >= 11 is 0. The lowest BCUT2D eigenvalue weighted by molar-refractivity contribution is -0.0612. The zero-order chi connectivity index (χ0) is 19.6. The first-order valence-corrected chi connectivity index (χ1v) is 10.6. The van der Waals surface area contributed by atoms with E-state index in [0.717, 1.165) is 12.0 Å². The third-order valence-electron chi connectivity index (χ3n) is 4.09. The van der Waals surface area contributed by atoms with E-state index in [-0.39, 0.29) is 11.5 Å². The maximum absolute atomic E-state index is 12.4. The molecule has 0 radical (unpaired) electrons. The molecule has 1 heterocycles. The molecule has 1 aromatic rings. The van der Waals surface area contributed by atoms with Gasteiger partial charge in [-0.3, -0.25) is 4.18 Å². The molecule has 0 bridgehead atoms. The molecule has 27 heavy (non-hydrogen) atoms. The monoisotopic (exact) mass is 402 g/mol. The summed E-state index contributed by atoms with van der Waals surface area (Å²) in [6, 6.07) is 6.57. The Morgan fingerprint density at radius 1 is 0.889 bits per heavy atom. The van der Waals surface area contributed by atoms with E-state index in [1.54, 1.807) is 24.3 Å². The lowest BCUT2D eigenvalue weighted by atomic mass is 9.94. The second-order valence-electron chi connectivity index (χ2n) is 7.02. The maximum Gasteiger partial charge on any atom is 0.296 e. The number of ether oxygens (including phenoxy) is 4. The van der Waals surface area contributed by atoms with E-state index in [1.807, 2.05) is 13.8 Å². The SMILES string of the molecule is Cc1ccc(S(=O)(=O)OCC2(C)COCCOCCCOCCOC2)cc1. The normalized spacial score (nSPS) is 20.7. The fourth-order valence-electron chi connectivity index (χ4n) is 2.46. The van der Waals surface area contributed by atoms with Gasteiger partial charge in [0.05, 0.1) is 51.1 Å². The summed E-state index contributed by atoms with van der Waals surface area (Å²) < 4.78 is 52.5. The molecule has 0 unspecified atom stereocenters. The molecular weight excluding hydrogens is 372 g/mol. The van der Waals surface area contributed by atoms with Crippen LogP contribution in [0.15, 0.2) is 29.2 Å². The predicted octanol–water partition coefficient (Wildman–Crippen LogP) is 2.18. The topological polar surface area (TPSA) is 80.3 Å². The Hall–Kier alpha value is -1.03. The summed E-state index contributed by atoms with van der Waals surface area (Å²) in [5.41, 5.74) is 0.375. The van der Waals surface area contributed by atoms with Gasteiger partial charge < -0.3 is 18.9 Å². The van der Waals surface area contributed by atoms with E-state index < -0.39 is 15.5 Å². The van der Waals surface area contributed by atoms with Gasteiger partial charge in [-0.05, 0) is 25.5 Å². The van der Waals surface area contributed by atoms with Crippen LogP contribution in [0.2, 0.25) is 0 Å². The Kier molecular flexibility index (Phi) is 9.14. The van der Waals surface area contributed by atoms with Gasteiger partial charge in [0.2, 0.25) is 0 Å². The van der Waals surface area contributed by atoms with Crippen molar-refractivity contribution in [1.29, 1.82) is 0 Å². The molecule has 1 saturated heterocycles. The molecule has 1 aliphatic heterocycles. The average molecular weight is 403 g/mol. The summed E-state index contributed by atoms with van der Waals surface area (Å²) in [5.74, 6) is 0. The van der Waals surface area contributed by atoms with Crippen molar-refractivity contribution in [2.24, 2.45) is 5.41 Å². The molecule has 1 fully saturated rings. The van der Waals surface area contributed by atoms with Gasteiger partial charge in [0.25, 0.3) is 10.1 Å². The molecule has 0 N–H and O–H groups in total. The number of benzene rings is 1. The standard InChI is InChI=1S/C19H30O7S/c1-17-4-6-18(7-5-17)27(20,21)26-16-19(2)14-24-12-10-22-8-3-9-23-11-13-25-15-19/h4-7H,3,8-16H2,1-2H3. The van der Waals surface area contributed by atoms with E-state index in [2.05, 4.69) is 0 Å². The highest BCUT2D eigenvalue weighted by Crippen LogP contribution is 2.22. The van der Waals surface area contributed by atoms with Crippen molar-refractivity contribution in [3.8, 4) is 0 Å². The van der Waals surface area contributed by atoms with Crippen LogP contribution in [0.1, 0.15) is 18.9 Å². The lowest BCUT2D eigenvalue weighted by Gasteiger charge is -2.28. The highest BCUT2D eigenvalue weighted by molar-refractivity contribution is 7.86. The molecule has 0 aliphatic carbocycles. The highest BCUT2D eigenvalue weighted by Gasteiger charge is 2.29. The molecule has 0 aromatic heterocycles. The van der Waals surface area contributed by atoms with Crippen LogP contribution in [0.5, 0.6) is 0 Å². The second kappa shape index (κ2) is 11.1. The number of hydrogen-bond acceptors (Lipinski definition) is 7. The van der Waals surface area contributed by atoms with Crippen LogP contribution in [-0.4, -0.2) is 67.9 Å². The summed E-state index contributed by atoms with van der Waals surface area (Å²) in [7, 11) is -3.84. The first-order chi connectivity index (χ1) is 12.9. The van der Waals surface area contributed by atoms with E-state index >= 15 is 0 Å². The van der Waals surface area contributed by atoms with Crippen molar-refractivity contribution < 1.29 is 31.5 Å². The van der Waals surface area contributed by atoms with Crippen LogP contribution in [0.25, 0.3) is 0 Å². The number of hydrogen-bond donors (Lipinski definition) is 0. The molecule has 0 saturated carbocycles. The van der Waals surface area contributed by atoms with Crippen molar-refractivity contribution in [2.45, 2.75) is 25.2 Å². The van der Waals surface area contributed by atoms with Gasteiger partial charge in [-0.1, -0.05) is 24.6 Å². The minimum atomic E-state index is -3.84. The largest absolute Gasteiger partial charge is 0.379 e. The molecule has 0 spiro atoms. The molecule has 1 aromatic carbocycles. The minimum Gasteiger partial charge on any atom is -0.379 e. The average Bonchev–Trinajstić information content (AvgIpc) is 2.64. The Bertz CT molecular complexity index is 629. The van der Waals surface area contributed by atoms with E-state index in [0.29, 0.717) is 52.9 Å². The van der Waals surface area contributed by atoms with Crippen LogP contribution in [0.4, 0.5) is 0 Å². The van der Waals surface area contributed by atoms with Crippen molar-refractivity contribution in [3.63, 3.8) is 0 Å². The van der Waals surface area contributed by atoms with Crippen molar-refractivity contribution in [1.82, 2.24) is 0 Å². The smallest absolute Gasteiger partial charge is 0.296 e. The summed E-state index contributed by atoms with van der Waals surface area (Å²) in [4.78, 5) is 0.140. The van der Waals surface area contributed by atoms with Gasteiger partial charge >= 0.3 is 0 Å². The Morgan fingerprint density at radius 2 is 1.41 bits per heavy atom. The van der Waals surface area contributed by atoms with Gasteiger partial charge in [0.15, 0.2) is 0 Å². The molecule has 2 rings (SSSR count). The lowest BCUT2D eigenvalue weighted by Crippen LogP contribution is -2.36. The predicted molar refractivity (Wildman–Crippen MR) is 100 cm³/mol. The van der Waals surface area contributed by atoms with Crippen molar-refractivity contribution in [3.05, 3.63) is 29.8 Å². The van der Waals surface area contributed by atoms with Crippen LogP contribution in [-0.2, 0) is 33.2 Å². The van der Waals surface area contributed by atoms with E-state index in [4.69, 9.17) is 23.1 Å². The van der Waals surface area contributed by atoms with Gasteiger partial charge in [0.1, 0.15) is 0 Å². The van der Waals surface area contributed by atoms with Gasteiger partial charge in [-0.15, -0.1) is 0 Å². The summed E-state index contributed by atoms with van der Waals surface area (Å²) in [5, 5.41) is 0. The quantitative estimate of drug-likeness (QED) is 0.714. The zero-order valence-electron chi connectivity index (χ0n) is 16.1. The van der Waals surface area contributed by atoms with Gasteiger partial charge in [-0.2, -0.15) is 8.42 Å². The van der Waals surface area contributed by atoms with Crippen LogP contribution >= 0.6 is 0 Å². The second-order valence-corrected chi connectivity index (χ2v) is 8.64. The van der Waals surface area contributed by atoms with Crippen LogP contribution in [0, 0.1) is 12.3 Å². The van der Waals surface area contributed by atoms with Crippen molar-refractivity contribution in [2.75, 3.05) is 59.5 Å². The summed E-state index contributed by atoms with van der Waals surface area (Å²) in [6.07, 6.45) is 0.836. The fraction of sp³-hybridized carbons (Fsp3) is 0.684. The number of aryl methyl sites for hydroxylation is 1. The molecule has 7 nitrogen and oxygen atoms in total. The Labute approximate surface area is 162 Å². The molecular formula is C19H30O7S. The number of rotatable bonds is 4. The first-order valence-electron chi connectivity index (χ1n) is 9.18. The van der Waals surface area contributed by atoms with E-state index in [1.165, 1.54) is 0 Å². The maximum atomic E-state index is 12.4. The third-order valence-corrected chi connectivity index (χ3v) is 5.37. The van der Waals surface area contributed by atoms with Gasteiger partial charge in [0, 0.05) is 18.6 Å². The molecule has 0 amide bonds. The first kappa shape index (κ1) is 22.3. The Morgan fingerprint density at radius 3 is 1.96 bits per heavy atom. The van der Waals surface area contributed by atoms with Crippen molar-refractivity contribution >= 4 is 10.1 Å². The Balaban J connectivity index is 1.94. The molecule has 154 valence electrons. The molecule has 1 aliphatic rings. The minimum absolute atomic E-state index is 0.0368. The van der Waals surface area contributed by atoms with Crippen LogP contribution < -0.4 is 0 Å². The van der Waals surface area contributed by atoms with E-state index in [9.17, 15) is 8.42 Å². The molecule has 8 heteroatoms. The third kappa shape index (κ3) is 8.25. The van der Waals surface area contributed by atoms with Crippen LogP contribution in [0.3, 0.4) is 0 Å². The zero-order valence-corrected chi connectivity index (χ0v) is 17.0. The fourth-order valence-corrected chi connectivity index (χ4v) is 3.50. The highest BCUT2D eigenvalue weighted by atomic mass is 32.2. The summed E-state index contributed by atoms with van der Waals surface area (Å²) in [6.45, 7) is 7.44. The van der Waals surface area contributed by atoms with Gasteiger partial charge in [-0.25, -0.2) is 0 Å².